The minimum absolute atomic E-state index is 0. The first kappa shape index (κ1) is 11.2. The van der Waals surface area contributed by atoms with E-state index in [-0.39, 0.29) is 12.4 Å². The maximum atomic E-state index is 5.68. The van der Waals surface area contributed by atoms with Gasteiger partial charge in [-0.1, -0.05) is 26.7 Å². The molecule has 0 heterocycles. The third-order valence-electron chi connectivity index (χ3n) is 3.01. The molecule has 1 unspecified atom stereocenters. The van der Waals surface area contributed by atoms with Crippen molar-refractivity contribution in [2.45, 2.75) is 39.5 Å². The molecule has 0 aromatic rings. The minimum Gasteiger partial charge on any atom is -0.330 e. The second-order valence-electron chi connectivity index (χ2n) is 4.17. The van der Waals surface area contributed by atoms with Gasteiger partial charge in [0.05, 0.1) is 0 Å². The summed E-state index contributed by atoms with van der Waals surface area (Å²) in [6.45, 7) is 5.58. The van der Waals surface area contributed by atoms with Gasteiger partial charge in [-0.3, -0.25) is 0 Å². The van der Waals surface area contributed by atoms with Crippen LogP contribution in [-0.4, -0.2) is 6.54 Å². The Morgan fingerprint density at radius 2 is 2.00 bits per heavy atom. The SMILES string of the molecule is CC1(C)CCCCC1CN.Cl. The fourth-order valence-corrected chi connectivity index (χ4v) is 2.00. The molecule has 1 aliphatic rings. The van der Waals surface area contributed by atoms with Crippen molar-refractivity contribution in [3.05, 3.63) is 0 Å². The lowest BCUT2D eigenvalue weighted by Crippen LogP contribution is -2.33. The molecule has 11 heavy (non-hydrogen) atoms. The summed E-state index contributed by atoms with van der Waals surface area (Å²) < 4.78 is 0. The highest BCUT2D eigenvalue weighted by Crippen LogP contribution is 2.39. The first-order valence-corrected chi connectivity index (χ1v) is 4.37. The lowest BCUT2D eigenvalue weighted by Gasteiger charge is -2.37. The maximum absolute atomic E-state index is 5.68. The number of rotatable bonds is 1. The van der Waals surface area contributed by atoms with Crippen molar-refractivity contribution in [3.63, 3.8) is 0 Å². The van der Waals surface area contributed by atoms with E-state index in [0.717, 1.165) is 12.5 Å². The van der Waals surface area contributed by atoms with Gasteiger partial charge in [-0.15, -0.1) is 12.4 Å². The van der Waals surface area contributed by atoms with Gasteiger partial charge in [-0.05, 0) is 30.7 Å². The molecular weight excluding hydrogens is 158 g/mol. The number of hydrogen-bond acceptors (Lipinski definition) is 1. The standard InChI is InChI=1S/C9H19N.ClH/c1-9(2)6-4-3-5-8(9)7-10;/h8H,3-7,10H2,1-2H3;1H. The van der Waals surface area contributed by atoms with E-state index >= 15 is 0 Å². The van der Waals surface area contributed by atoms with Gasteiger partial charge in [0.1, 0.15) is 0 Å². The van der Waals surface area contributed by atoms with E-state index in [2.05, 4.69) is 13.8 Å². The summed E-state index contributed by atoms with van der Waals surface area (Å²) >= 11 is 0. The second kappa shape index (κ2) is 4.32. The average molecular weight is 178 g/mol. The molecule has 2 N–H and O–H groups in total. The number of nitrogens with two attached hydrogens (primary N) is 1. The summed E-state index contributed by atoms with van der Waals surface area (Å²) in [7, 11) is 0. The Kier molecular flexibility index (Phi) is 4.42. The summed E-state index contributed by atoms with van der Waals surface area (Å²) in [5, 5.41) is 0. The smallest absolute Gasteiger partial charge is 0.00438 e. The molecule has 1 atom stereocenters. The monoisotopic (exact) mass is 177 g/mol. The zero-order chi connectivity index (χ0) is 7.61. The van der Waals surface area contributed by atoms with E-state index in [1.165, 1.54) is 25.7 Å². The van der Waals surface area contributed by atoms with Crippen molar-refractivity contribution in [1.29, 1.82) is 0 Å². The predicted octanol–water partition coefficient (Wildman–Crippen LogP) is 2.58. The molecule has 0 aliphatic heterocycles. The molecule has 1 rings (SSSR count). The number of hydrogen-bond donors (Lipinski definition) is 1. The summed E-state index contributed by atoms with van der Waals surface area (Å²) in [5.41, 5.74) is 6.20. The summed E-state index contributed by atoms with van der Waals surface area (Å²) in [4.78, 5) is 0. The van der Waals surface area contributed by atoms with Crippen LogP contribution in [0.25, 0.3) is 0 Å². The van der Waals surface area contributed by atoms with Crippen molar-refractivity contribution in [2.24, 2.45) is 17.1 Å². The van der Waals surface area contributed by atoms with Crippen LogP contribution in [0.4, 0.5) is 0 Å². The minimum atomic E-state index is 0. The van der Waals surface area contributed by atoms with Crippen LogP contribution in [-0.2, 0) is 0 Å². The fraction of sp³-hybridized carbons (Fsp3) is 1.00. The van der Waals surface area contributed by atoms with Gasteiger partial charge in [0.25, 0.3) is 0 Å². The van der Waals surface area contributed by atoms with E-state index in [1.807, 2.05) is 0 Å². The Bertz CT molecular complexity index is 112. The highest BCUT2D eigenvalue weighted by molar-refractivity contribution is 5.85. The van der Waals surface area contributed by atoms with Crippen molar-refractivity contribution in [1.82, 2.24) is 0 Å². The van der Waals surface area contributed by atoms with Gasteiger partial charge in [-0.2, -0.15) is 0 Å². The van der Waals surface area contributed by atoms with Gasteiger partial charge < -0.3 is 5.73 Å². The van der Waals surface area contributed by atoms with Crippen LogP contribution >= 0.6 is 12.4 Å². The lowest BCUT2D eigenvalue weighted by molar-refractivity contribution is 0.144. The van der Waals surface area contributed by atoms with Crippen LogP contribution in [0.1, 0.15) is 39.5 Å². The van der Waals surface area contributed by atoms with E-state index in [9.17, 15) is 0 Å². The van der Waals surface area contributed by atoms with Crippen LogP contribution in [0, 0.1) is 11.3 Å². The number of halogens is 1. The molecule has 0 aromatic carbocycles. The predicted molar refractivity (Wildman–Crippen MR) is 52.0 cm³/mol. The van der Waals surface area contributed by atoms with Crippen molar-refractivity contribution in [2.75, 3.05) is 6.54 Å². The third kappa shape index (κ3) is 2.64. The van der Waals surface area contributed by atoms with E-state index < -0.39 is 0 Å². The Labute approximate surface area is 76.1 Å². The van der Waals surface area contributed by atoms with Crippen LogP contribution < -0.4 is 5.73 Å². The molecule has 0 aromatic heterocycles. The van der Waals surface area contributed by atoms with Gasteiger partial charge in [0, 0.05) is 0 Å². The molecule has 0 amide bonds. The van der Waals surface area contributed by atoms with Gasteiger partial charge >= 0.3 is 0 Å². The Morgan fingerprint density at radius 3 is 2.36 bits per heavy atom. The Hall–Kier alpha value is 0.250. The lowest BCUT2D eigenvalue weighted by atomic mass is 9.69. The molecule has 68 valence electrons. The van der Waals surface area contributed by atoms with E-state index in [1.54, 1.807) is 0 Å². The quantitative estimate of drug-likeness (QED) is 0.655. The highest BCUT2D eigenvalue weighted by atomic mass is 35.5. The largest absolute Gasteiger partial charge is 0.330 e. The summed E-state index contributed by atoms with van der Waals surface area (Å²) in [6, 6.07) is 0. The maximum Gasteiger partial charge on any atom is -0.00438 e. The molecule has 1 fully saturated rings. The molecule has 1 nitrogen and oxygen atoms in total. The zero-order valence-electron chi connectivity index (χ0n) is 7.60. The molecule has 1 aliphatic carbocycles. The van der Waals surface area contributed by atoms with Crippen LogP contribution in [0.2, 0.25) is 0 Å². The fourth-order valence-electron chi connectivity index (χ4n) is 2.00. The van der Waals surface area contributed by atoms with Gasteiger partial charge in [-0.25, -0.2) is 0 Å². The van der Waals surface area contributed by atoms with Crippen molar-refractivity contribution in [3.8, 4) is 0 Å². The topological polar surface area (TPSA) is 26.0 Å². The molecular formula is C9H20ClN. The highest BCUT2D eigenvalue weighted by Gasteiger charge is 2.30. The van der Waals surface area contributed by atoms with Crippen LogP contribution in [0.15, 0.2) is 0 Å². The normalized spacial score (nSPS) is 29.2. The van der Waals surface area contributed by atoms with Crippen molar-refractivity contribution < 1.29 is 0 Å². The molecule has 2 heteroatoms. The van der Waals surface area contributed by atoms with Gasteiger partial charge in [0.2, 0.25) is 0 Å². The van der Waals surface area contributed by atoms with E-state index in [0.29, 0.717) is 5.41 Å². The first-order valence-electron chi connectivity index (χ1n) is 4.37. The Morgan fingerprint density at radius 1 is 1.36 bits per heavy atom. The van der Waals surface area contributed by atoms with Crippen molar-refractivity contribution >= 4 is 12.4 Å². The molecule has 1 saturated carbocycles. The van der Waals surface area contributed by atoms with Crippen LogP contribution in [0.5, 0.6) is 0 Å². The van der Waals surface area contributed by atoms with Gasteiger partial charge in [0.15, 0.2) is 0 Å². The summed E-state index contributed by atoms with van der Waals surface area (Å²) in [5.74, 6) is 0.779. The van der Waals surface area contributed by atoms with Crippen LogP contribution in [0.3, 0.4) is 0 Å². The molecule has 0 saturated heterocycles. The molecule has 0 bridgehead atoms. The molecule has 0 radical (unpaired) electrons. The third-order valence-corrected chi connectivity index (χ3v) is 3.01. The zero-order valence-corrected chi connectivity index (χ0v) is 8.41. The average Bonchev–Trinajstić information content (AvgIpc) is 1.87. The Balaban J connectivity index is 0.000001000. The molecule has 0 spiro atoms. The second-order valence-corrected chi connectivity index (χ2v) is 4.17. The first-order chi connectivity index (χ1) is 4.67. The van der Waals surface area contributed by atoms with E-state index in [4.69, 9.17) is 5.73 Å². The summed E-state index contributed by atoms with van der Waals surface area (Å²) in [6.07, 6.45) is 5.52.